The summed E-state index contributed by atoms with van der Waals surface area (Å²) >= 11 is 0. The monoisotopic (exact) mass is 244 g/mol. The molecule has 0 aliphatic heterocycles. The van der Waals surface area contributed by atoms with Gasteiger partial charge in [0.2, 0.25) is 11.7 Å². The zero-order chi connectivity index (χ0) is 13.1. The van der Waals surface area contributed by atoms with E-state index >= 15 is 0 Å². The molecule has 2 rings (SSSR count). The molecule has 1 heterocycles. The first-order valence-corrected chi connectivity index (χ1v) is 6.03. The number of rotatable bonds is 4. The lowest BCUT2D eigenvalue weighted by Crippen LogP contribution is -2.07. The molecule has 4 heteroatoms. The first-order valence-electron chi connectivity index (χ1n) is 6.03. The summed E-state index contributed by atoms with van der Waals surface area (Å²) in [6, 6.07) is 7.83. The second-order valence-electron chi connectivity index (χ2n) is 4.34. The maximum absolute atomic E-state index is 11.5. The summed E-state index contributed by atoms with van der Waals surface area (Å²) in [7, 11) is 0. The summed E-state index contributed by atoms with van der Waals surface area (Å²) < 4.78 is 5.21. The Hall–Kier alpha value is -1.97. The molecule has 0 fully saturated rings. The second-order valence-corrected chi connectivity index (χ2v) is 4.34. The van der Waals surface area contributed by atoms with Crippen LogP contribution in [0.3, 0.4) is 0 Å². The van der Waals surface area contributed by atoms with Gasteiger partial charge >= 0.3 is 0 Å². The average molecular weight is 244 g/mol. The molecule has 1 atom stereocenters. The number of Topliss-reactive ketones (excluding diaryl/α,β-unsaturated/α-hetero) is 1. The first kappa shape index (κ1) is 12.5. The fourth-order valence-corrected chi connectivity index (χ4v) is 1.95. The van der Waals surface area contributed by atoms with Crippen LogP contribution in [-0.2, 0) is 4.79 Å². The van der Waals surface area contributed by atoms with Crippen molar-refractivity contribution in [3.05, 3.63) is 35.7 Å². The summed E-state index contributed by atoms with van der Waals surface area (Å²) in [6.07, 6.45) is 0.671. The summed E-state index contributed by atoms with van der Waals surface area (Å²) in [6.45, 7) is 5.48. The zero-order valence-corrected chi connectivity index (χ0v) is 10.8. The van der Waals surface area contributed by atoms with Crippen molar-refractivity contribution in [3.8, 4) is 11.4 Å². The van der Waals surface area contributed by atoms with E-state index in [1.165, 1.54) is 0 Å². The molecule has 0 radical (unpaired) electrons. The van der Waals surface area contributed by atoms with Crippen LogP contribution in [0.1, 0.15) is 37.6 Å². The molecule has 1 unspecified atom stereocenters. The molecular weight excluding hydrogens is 228 g/mol. The van der Waals surface area contributed by atoms with Crippen molar-refractivity contribution < 1.29 is 9.32 Å². The van der Waals surface area contributed by atoms with Gasteiger partial charge in [0.15, 0.2) is 0 Å². The summed E-state index contributed by atoms with van der Waals surface area (Å²) in [5, 5.41) is 3.96. The normalized spacial score (nSPS) is 12.4. The third-order valence-corrected chi connectivity index (χ3v) is 3.02. The summed E-state index contributed by atoms with van der Waals surface area (Å²) in [4.78, 5) is 15.8. The van der Waals surface area contributed by atoms with E-state index in [4.69, 9.17) is 4.52 Å². The van der Waals surface area contributed by atoms with E-state index < -0.39 is 0 Å². The zero-order valence-electron chi connectivity index (χ0n) is 10.8. The number of aryl methyl sites for hydroxylation is 1. The summed E-state index contributed by atoms with van der Waals surface area (Å²) in [5.41, 5.74) is 2.02. The molecule has 0 amide bonds. The standard InChI is InChI=1S/C14H16N2O2/c1-4-11(10(3)17)14-15-13(16-18-14)12-8-6-5-7-9(12)2/h5-8,11H,4H2,1-3H3. The van der Waals surface area contributed by atoms with Crippen LogP contribution in [0.15, 0.2) is 28.8 Å². The number of nitrogens with zero attached hydrogens (tertiary/aromatic N) is 2. The molecule has 1 aromatic heterocycles. The van der Waals surface area contributed by atoms with Gasteiger partial charge in [0.05, 0.1) is 5.92 Å². The molecule has 0 saturated heterocycles. The van der Waals surface area contributed by atoms with Crippen molar-refractivity contribution in [3.63, 3.8) is 0 Å². The Balaban J connectivity index is 2.36. The van der Waals surface area contributed by atoms with Gasteiger partial charge in [-0.25, -0.2) is 0 Å². The Morgan fingerprint density at radius 2 is 2.11 bits per heavy atom. The van der Waals surface area contributed by atoms with Crippen LogP contribution < -0.4 is 0 Å². The number of hydrogen-bond donors (Lipinski definition) is 0. The van der Waals surface area contributed by atoms with Crippen molar-refractivity contribution in [2.24, 2.45) is 0 Å². The Morgan fingerprint density at radius 3 is 2.72 bits per heavy atom. The first-order chi connectivity index (χ1) is 8.63. The van der Waals surface area contributed by atoms with Crippen molar-refractivity contribution in [1.82, 2.24) is 10.1 Å². The van der Waals surface area contributed by atoms with E-state index in [1.807, 2.05) is 38.1 Å². The van der Waals surface area contributed by atoms with E-state index in [9.17, 15) is 4.79 Å². The minimum Gasteiger partial charge on any atom is -0.338 e. The van der Waals surface area contributed by atoms with Crippen molar-refractivity contribution in [1.29, 1.82) is 0 Å². The largest absolute Gasteiger partial charge is 0.338 e. The number of benzene rings is 1. The number of carbonyl (C=O) groups excluding carboxylic acids is 1. The van der Waals surface area contributed by atoms with Crippen molar-refractivity contribution in [2.75, 3.05) is 0 Å². The van der Waals surface area contributed by atoms with Gasteiger partial charge in [0, 0.05) is 5.56 Å². The van der Waals surface area contributed by atoms with Crippen LogP contribution in [0.25, 0.3) is 11.4 Å². The van der Waals surface area contributed by atoms with Crippen LogP contribution in [0, 0.1) is 6.92 Å². The molecule has 0 N–H and O–H groups in total. The Morgan fingerprint density at radius 1 is 1.39 bits per heavy atom. The van der Waals surface area contributed by atoms with Crippen molar-refractivity contribution in [2.45, 2.75) is 33.1 Å². The Bertz CT molecular complexity index is 560. The van der Waals surface area contributed by atoms with Crippen LogP contribution >= 0.6 is 0 Å². The SMILES string of the molecule is CCC(C(C)=O)c1nc(-c2ccccc2C)no1. The number of hydrogen-bond acceptors (Lipinski definition) is 4. The van der Waals surface area contributed by atoms with Crippen LogP contribution in [0.5, 0.6) is 0 Å². The average Bonchev–Trinajstić information content (AvgIpc) is 2.79. The highest BCUT2D eigenvalue weighted by molar-refractivity contribution is 5.82. The van der Waals surface area contributed by atoms with Gasteiger partial charge in [0.1, 0.15) is 5.78 Å². The molecule has 0 aliphatic rings. The molecule has 0 spiro atoms. The second kappa shape index (κ2) is 5.12. The van der Waals surface area contributed by atoms with E-state index in [2.05, 4.69) is 10.1 Å². The number of carbonyl (C=O) groups is 1. The van der Waals surface area contributed by atoms with Gasteiger partial charge in [-0.3, -0.25) is 4.79 Å². The lowest BCUT2D eigenvalue weighted by molar-refractivity contribution is -0.119. The third-order valence-electron chi connectivity index (χ3n) is 3.02. The fraction of sp³-hybridized carbons (Fsp3) is 0.357. The van der Waals surface area contributed by atoms with Gasteiger partial charge in [-0.15, -0.1) is 0 Å². The predicted octanol–water partition coefficient (Wildman–Crippen LogP) is 3.13. The molecule has 0 bridgehead atoms. The predicted molar refractivity (Wildman–Crippen MR) is 68.2 cm³/mol. The van der Waals surface area contributed by atoms with E-state index in [1.54, 1.807) is 6.92 Å². The van der Waals surface area contributed by atoms with Crippen LogP contribution in [-0.4, -0.2) is 15.9 Å². The highest BCUT2D eigenvalue weighted by Gasteiger charge is 2.22. The van der Waals surface area contributed by atoms with Crippen LogP contribution in [0.2, 0.25) is 0 Å². The highest BCUT2D eigenvalue weighted by atomic mass is 16.5. The quantitative estimate of drug-likeness (QED) is 0.829. The number of ketones is 1. The van der Waals surface area contributed by atoms with Gasteiger partial charge in [0.25, 0.3) is 0 Å². The molecular formula is C14H16N2O2. The van der Waals surface area contributed by atoms with Gasteiger partial charge in [-0.05, 0) is 25.8 Å². The van der Waals surface area contributed by atoms with E-state index in [0.29, 0.717) is 18.1 Å². The minimum atomic E-state index is -0.296. The molecule has 0 saturated carbocycles. The molecule has 94 valence electrons. The van der Waals surface area contributed by atoms with Crippen molar-refractivity contribution >= 4 is 5.78 Å². The third kappa shape index (κ3) is 2.32. The maximum Gasteiger partial charge on any atom is 0.237 e. The molecule has 2 aromatic rings. The Labute approximate surface area is 106 Å². The Kier molecular flexibility index (Phi) is 3.55. The molecule has 4 nitrogen and oxygen atoms in total. The lowest BCUT2D eigenvalue weighted by Gasteiger charge is -2.03. The number of aromatic nitrogens is 2. The molecule has 1 aromatic carbocycles. The van der Waals surface area contributed by atoms with Gasteiger partial charge < -0.3 is 4.52 Å². The lowest BCUT2D eigenvalue weighted by atomic mass is 10.0. The van der Waals surface area contributed by atoms with Crippen LogP contribution in [0.4, 0.5) is 0 Å². The van der Waals surface area contributed by atoms with E-state index in [-0.39, 0.29) is 11.7 Å². The smallest absolute Gasteiger partial charge is 0.237 e. The molecule has 0 aliphatic carbocycles. The minimum absolute atomic E-state index is 0.0532. The van der Waals surface area contributed by atoms with E-state index in [0.717, 1.165) is 11.1 Å². The topological polar surface area (TPSA) is 56.0 Å². The maximum atomic E-state index is 11.5. The molecule has 18 heavy (non-hydrogen) atoms. The summed E-state index contributed by atoms with van der Waals surface area (Å²) in [5.74, 6) is 0.707. The van der Waals surface area contributed by atoms with Gasteiger partial charge in [-0.2, -0.15) is 4.98 Å². The highest BCUT2D eigenvalue weighted by Crippen LogP contribution is 2.24. The fourth-order valence-electron chi connectivity index (χ4n) is 1.95. The van der Waals surface area contributed by atoms with Gasteiger partial charge in [-0.1, -0.05) is 36.3 Å².